The van der Waals surface area contributed by atoms with Gasteiger partial charge in [0.1, 0.15) is 11.9 Å². The van der Waals surface area contributed by atoms with E-state index in [1.165, 1.54) is 11.0 Å². The van der Waals surface area contributed by atoms with Gasteiger partial charge >= 0.3 is 6.09 Å². The topological polar surface area (TPSA) is 85.4 Å². The van der Waals surface area contributed by atoms with Gasteiger partial charge in [-0.05, 0) is 25.1 Å². The van der Waals surface area contributed by atoms with Crippen molar-refractivity contribution in [1.29, 1.82) is 0 Å². The fourth-order valence-corrected chi connectivity index (χ4v) is 3.12. The molecule has 2 heterocycles. The third kappa shape index (κ3) is 3.45. The lowest BCUT2D eigenvalue weighted by Gasteiger charge is -2.48. The van der Waals surface area contributed by atoms with Crippen LogP contribution in [0.1, 0.15) is 13.8 Å². The zero-order chi connectivity index (χ0) is 19.1. The number of methoxy groups -OCH3 is 1. The summed E-state index contributed by atoms with van der Waals surface area (Å²) in [6.45, 7) is 4.09. The second kappa shape index (κ2) is 6.73. The van der Waals surface area contributed by atoms with E-state index in [2.05, 4.69) is 0 Å². The van der Waals surface area contributed by atoms with Crippen LogP contribution in [0.3, 0.4) is 0 Å². The van der Waals surface area contributed by atoms with Crippen molar-refractivity contribution in [2.24, 2.45) is 0 Å². The molecule has 8 nitrogen and oxygen atoms in total. The van der Waals surface area contributed by atoms with Crippen LogP contribution in [0.2, 0.25) is 0 Å². The maximum atomic E-state index is 14.5. The highest BCUT2D eigenvalue weighted by Crippen LogP contribution is 2.34. The minimum atomic E-state index is -0.746. The molecule has 3 rings (SSSR count). The molecular weight excluding hydrogens is 345 g/mol. The van der Waals surface area contributed by atoms with E-state index in [1.54, 1.807) is 19.2 Å². The molecule has 2 amide bonds. The number of hydrogen-bond acceptors (Lipinski definition) is 6. The Labute approximate surface area is 150 Å². The Balaban J connectivity index is 1.68. The third-order valence-corrected chi connectivity index (χ3v) is 4.72. The Morgan fingerprint density at radius 2 is 2.19 bits per heavy atom. The highest BCUT2D eigenvalue weighted by molar-refractivity contribution is 5.90. The predicted octanol–water partition coefficient (Wildman–Crippen LogP) is 1.72. The zero-order valence-corrected chi connectivity index (χ0v) is 14.9. The van der Waals surface area contributed by atoms with Crippen LogP contribution in [0.25, 0.3) is 0 Å². The molecule has 2 aliphatic rings. The summed E-state index contributed by atoms with van der Waals surface area (Å²) >= 11 is 0. The molecule has 0 aliphatic carbocycles. The summed E-state index contributed by atoms with van der Waals surface area (Å²) in [6, 6.07) is 4.50. The molecule has 1 aromatic carbocycles. The van der Waals surface area contributed by atoms with Crippen LogP contribution in [-0.2, 0) is 14.3 Å². The molecule has 142 valence electrons. The van der Waals surface area contributed by atoms with Crippen molar-refractivity contribution in [3.8, 4) is 0 Å². The SMILES string of the molecule is COC1(C)CN(c2ccc(N3C[C@@H](CN([O-])C(C)=O)OC3=O)cc2F)C1. The quantitative estimate of drug-likeness (QED) is 0.738. The number of halogens is 1. The number of cyclic esters (lactones) is 1. The van der Waals surface area contributed by atoms with Crippen LogP contribution < -0.4 is 9.80 Å². The van der Waals surface area contributed by atoms with Gasteiger partial charge in [-0.2, -0.15) is 0 Å². The van der Waals surface area contributed by atoms with Crippen molar-refractivity contribution < 1.29 is 23.5 Å². The molecule has 26 heavy (non-hydrogen) atoms. The van der Waals surface area contributed by atoms with Gasteiger partial charge in [-0.1, -0.05) is 0 Å². The number of carbonyl (C=O) groups is 2. The summed E-state index contributed by atoms with van der Waals surface area (Å²) in [5, 5.41) is 11.7. The minimum Gasteiger partial charge on any atom is -0.756 e. The lowest BCUT2D eigenvalue weighted by atomic mass is 9.95. The standard InChI is InChI=1S/C17H21FN3O5/c1-11(22)21(24)8-13-7-20(16(23)26-13)12-4-5-15(14(18)6-12)19-9-17(2,10-19)25-3/h4-6,13H,7-10H2,1-3H3/q-1/t13-/m0/s1. The van der Waals surface area contributed by atoms with E-state index in [0.717, 1.165) is 6.92 Å². The Kier molecular flexibility index (Phi) is 4.76. The molecule has 0 unspecified atom stereocenters. The first-order valence-electron chi connectivity index (χ1n) is 8.25. The summed E-state index contributed by atoms with van der Waals surface area (Å²) < 4.78 is 24.9. The number of amides is 2. The van der Waals surface area contributed by atoms with Gasteiger partial charge in [0.15, 0.2) is 0 Å². The average molecular weight is 366 g/mol. The first kappa shape index (κ1) is 18.4. The van der Waals surface area contributed by atoms with Crippen molar-refractivity contribution in [2.45, 2.75) is 25.6 Å². The summed E-state index contributed by atoms with van der Waals surface area (Å²) in [5.74, 6) is -1.11. The number of anilines is 2. The number of hydrogen-bond donors (Lipinski definition) is 0. The van der Waals surface area contributed by atoms with E-state index in [0.29, 0.717) is 24.5 Å². The third-order valence-electron chi connectivity index (χ3n) is 4.72. The molecule has 2 aliphatic heterocycles. The van der Waals surface area contributed by atoms with E-state index in [9.17, 15) is 19.2 Å². The molecule has 0 spiro atoms. The van der Waals surface area contributed by atoms with Crippen molar-refractivity contribution in [2.75, 3.05) is 43.1 Å². The fourth-order valence-electron chi connectivity index (χ4n) is 3.12. The fraction of sp³-hybridized carbons (Fsp3) is 0.529. The summed E-state index contributed by atoms with van der Waals surface area (Å²) in [5.41, 5.74) is 0.501. The summed E-state index contributed by atoms with van der Waals surface area (Å²) in [7, 11) is 1.63. The van der Waals surface area contributed by atoms with Crippen LogP contribution in [0.4, 0.5) is 20.6 Å². The summed E-state index contributed by atoms with van der Waals surface area (Å²) in [4.78, 5) is 26.1. The Bertz CT molecular complexity index is 722. The van der Waals surface area contributed by atoms with Gasteiger partial charge in [0.2, 0.25) is 5.91 Å². The molecular formula is C17H21FN3O5-. The predicted molar refractivity (Wildman–Crippen MR) is 92.4 cm³/mol. The molecule has 1 aromatic rings. The Morgan fingerprint density at radius 3 is 2.77 bits per heavy atom. The number of benzene rings is 1. The van der Waals surface area contributed by atoms with E-state index in [1.807, 2.05) is 11.8 Å². The Hall–Kier alpha value is -2.39. The maximum absolute atomic E-state index is 14.5. The minimum absolute atomic E-state index is 0.0785. The Morgan fingerprint density at radius 1 is 1.50 bits per heavy atom. The van der Waals surface area contributed by atoms with Crippen molar-refractivity contribution in [3.05, 3.63) is 29.2 Å². The van der Waals surface area contributed by atoms with Crippen LogP contribution in [0.15, 0.2) is 18.2 Å². The van der Waals surface area contributed by atoms with E-state index >= 15 is 0 Å². The monoisotopic (exact) mass is 366 g/mol. The van der Waals surface area contributed by atoms with Gasteiger partial charge in [-0.15, -0.1) is 0 Å². The van der Waals surface area contributed by atoms with E-state index in [-0.39, 0.29) is 23.8 Å². The van der Waals surface area contributed by atoms with Crippen molar-refractivity contribution in [3.63, 3.8) is 0 Å². The van der Waals surface area contributed by atoms with Crippen LogP contribution in [0, 0.1) is 11.0 Å². The average Bonchev–Trinajstić information content (AvgIpc) is 2.92. The number of hydroxylamine groups is 2. The first-order valence-corrected chi connectivity index (χ1v) is 8.25. The van der Waals surface area contributed by atoms with Gasteiger partial charge in [-0.3, -0.25) is 9.69 Å². The highest BCUT2D eigenvalue weighted by Gasteiger charge is 2.40. The molecule has 1 atom stereocenters. The highest BCUT2D eigenvalue weighted by atomic mass is 19.1. The van der Waals surface area contributed by atoms with Crippen LogP contribution in [0.5, 0.6) is 0 Å². The lowest BCUT2D eigenvalue weighted by Crippen LogP contribution is -2.61. The summed E-state index contributed by atoms with van der Waals surface area (Å²) in [6.07, 6.45) is -1.42. The smallest absolute Gasteiger partial charge is 0.414 e. The number of ether oxygens (including phenoxy) is 2. The largest absolute Gasteiger partial charge is 0.756 e. The molecule has 9 heteroatoms. The lowest BCUT2D eigenvalue weighted by molar-refractivity contribution is -0.127. The molecule has 2 saturated heterocycles. The van der Waals surface area contributed by atoms with Crippen LogP contribution >= 0.6 is 0 Å². The normalized spacial score (nSPS) is 21.4. The molecule has 0 N–H and O–H groups in total. The molecule has 2 fully saturated rings. The zero-order valence-electron chi connectivity index (χ0n) is 14.9. The number of nitrogens with zero attached hydrogens (tertiary/aromatic N) is 3. The van der Waals surface area contributed by atoms with Gasteiger partial charge in [-0.25, -0.2) is 9.18 Å². The van der Waals surface area contributed by atoms with Crippen molar-refractivity contribution in [1.82, 2.24) is 5.06 Å². The number of carbonyl (C=O) groups excluding carboxylic acids is 2. The van der Waals surface area contributed by atoms with Gasteiger partial charge in [0.25, 0.3) is 0 Å². The second-order valence-corrected chi connectivity index (χ2v) is 6.84. The van der Waals surface area contributed by atoms with Crippen molar-refractivity contribution >= 4 is 23.4 Å². The molecule has 0 bridgehead atoms. The number of rotatable bonds is 5. The molecule has 0 aromatic heterocycles. The van der Waals surface area contributed by atoms with E-state index in [4.69, 9.17) is 9.47 Å². The van der Waals surface area contributed by atoms with Crippen LogP contribution in [-0.4, -0.2) is 62.1 Å². The molecule has 0 radical (unpaired) electrons. The van der Waals surface area contributed by atoms with E-state index < -0.39 is 23.9 Å². The maximum Gasteiger partial charge on any atom is 0.414 e. The second-order valence-electron chi connectivity index (χ2n) is 6.84. The van der Waals surface area contributed by atoms with Gasteiger partial charge in [0, 0.05) is 33.7 Å². The first-order chi connectivity index (χ1) is 12.2. The van der Waals surface area contributed by atoms with Gasteiger partial charge < -0.3 is 24.6 Å². The van der Waals surface area contributed by atoms with Gasteiger partial charge in [0.05, 0.1) is 23.5 Å². The molecule has 0 saturated carbocycles.